The summed E-state index contributed by atoms with van der Waals surface area (Å²) >= 11 is 8.60. The zero-order chi connectivity index (χ0) is 6.57. The minimum atomic E-state index is -0.110. The number of rotatable bonds is 3. The van der Waals surface area contributed by atoms with Gasteiger partial charge >= 0.3 is 0 Å². The highest BCUT2D eigenvalue weighted by molar-refractivity contribution is 7.80. The molecule has 0 spiro atoms. The van der Waals surface area contributed by atoms with Crippen LogP contribution in [0.5, 0.6) is 0 Å². The van der Waals surface area contributed by atoms with Gasteiger partial charge in [0.25, 0.3) is 0 Å². The monoisotopic (exact) mass is 150 g/mol. The summed E-state index contributed by atoms with van der Waals surface area (Å²) in [4.78, 5) is 0. The van der Waals surface area contributed by atoms with Crippen LogP contribution in [0.1, 0.15) is 12.8 Å². The first-order valence-electron chi connectivity index (χ1n) is 2.06. The molecule has 0 rings (SSSR count). The van der Waals surface area contributed by atoms with Crippen LogP contribution in [-0.4, -0.2) is 20.3 Å². The lowest BCUT2D eigenvalue weighted by atomic mass is 10.3. The van der Waals surface area contributed by atoms with Gasteiger partial charge in [-0.1, -0.05) is 0 Å². The molecule has 0 aliphatic rings. The zero-order valence-electron chi connectivity index (χ0n) is 4.13. The lowest BCUT2D eigenvalue weighted by Gasteiger charge is -1.90. The first-order valence-corrected chi connectivity index (χ1v) is 2.88. The molecule has 0 bridgehead atoms. The molecule has 0 aromatic heterocycles. The van der Waals surface area contributed by atoms with Crippen molar-refractivity contribution in [3.05, 3.63) is 0 Å². The minimum absolute atomic E-state index is 0.110. The second-order valence-corrected chi connectivity index (χ2v) is 2.23. The van der Waals surface area contributed by atoms with Gasteiger partial charge in [-0.25, -0.2) is 0 Å². The molecule has 0 aromatic rings. The third-order valence-electron chi connectivity index (χ3n) is 0.553. The van der Waals surface area contributed by atoms with Gasteiger partial charge < -0.3 is 10.2 Å². The number of aliphatic hydroxyl groups excluding tert-OH is 2. The predicted molar refractivity (Wildman–Crippen MR) is 39.7 cm³/mol. The summed E-state index contributed by atoms with van der Waals surface area (Å²) in [5.41, 5.74) is 0. The Morgan fingerprint density at radius 3 is 1.38 bits per heavy atom. The maximum Gasteiger partial charge on any atom is 0.156 e. The van der Waals surface area contributed by atoms with Crippen molar-refractivity contribution < 1.29 is 10.2 Å². The van der Waals surface area contributed by atoms with Gasteiger partial charge in [-0.2, -0.15) is 0 Å². The van der Waals surface area contributed by atoms with Crippen molar-refractivity contribution in [2.75, 3.05) is 0 Å². The average molecular weight is 150 g/mol. The highest BCUT2D eigenvalue weighted by Crippen LogP contribution is 1.90. The van der Waals surface area contributed by atoms with Crippen molar-refractivity contribution in [3.8, 4) is 0 Å². The smallest absolute Gasteiger partial charge is 0.156 e. The quantitative estimate of drug-likeness (QED) is 0.599. The van der Waals surface area contributed by atoms with E-state index in [4.69, 9.17) is 10.2 Å². The Balaban J connectivity index is 3.18. The molecule has 0 atom stereocenters. The van der Waals surface area contributed by atoms with E-state index in [1.165, 1.54) is 0 Å². The van der Waals surface area contributed by atoms with Crippen LogP contribution in [0.15, 0.2) is 0 Å². The van der Waals surface area contributed by atoms with E-state index in [0.29, 0.717) is 0 Å². The van der Waals surface area contributed by atoms with Crippen molar-refractivity contribution in [2.24, 2.45) is 0 Å². The normalized spacial score (nSPS) is 8.50. The third-order valence-corrected chi connectivity index (χ3v) is 0.961. The number of aliphatic hydroxyl groups is 2. The molecule has 2 N–H and O–H groups in total. The maximum atomic E-state index is 8.36. The van der Waals surface area contributed by atoms with E-state index < -0.39 is 0 Å². The van der Waals surface area contributed by atoms with Crippen LogP contribution < -0.4 is 0 Å². The summed E-state index contributed by atoms with van der Waals surface area (Å²) in [6, 6.07) is 0. The molecule has 0 aliphatic heterocycles. The first kappa shape index (κ1) is 7.78. The fourth-order valence-electron chi connectivity index (χ4n) is 0.214. The second-order valence-electron chi connectivity index (χ2n) is 1.29. The highest BCUT2D eigenvalue weighted by Gasteiger charge is 1.93. The van der Waals surface area contributed by atoms with Crippen LogP contribution in [0, 0.1) is 0 Å². The fourth-order valence-corrected chi connectivity index (χ4v) is 0.418. The van der Waals surface area contributed by atoms with Crippen LogP contribution in [-0.2, 0) is 0 Å². The van der Waals surface area contributed by atoms with Gasteiger partial charge in [-0.3, -0.25) is 0 Å². The Morgan fingerprint density at radius 2 is 1.25 bits per heavy atom. The van der Waals surface area contributed by atoms with E-state index in [9.17, 15) is 0 Å². The van der Waals surface area contributed by atoms with Crippen LogP contribution in [0.3, 0.4) is 0 Å². The van der Waals surface area contributed by atoms with Gasteiger partial charge in [0, 0.05) is 12.8 Å². The van der Waals surface area contributed by atoms with E-state index in [1.54, 1.807) is 0 Å². The molecule has 0 aliphatic carbocycles. The Labute approximate surface area is 58.1 Å². The number of hydrogen-bond acceptors (Lipinski definition) is 2. The molecule has 0 saturated heterocycles. The molecule has 0 fully saturated rings. The molecule has 0 unspecified atom stereocenters. The van der Waals surface area contributed by atoms with Gasteiger partial charge in [0.1, 0.15) is 0 Å². The summed E-state index contributed by atoms with van der Waals surface area (Å²) in [6.07, 6.45) is 0.565. The van der Waals surface area contributed by atoms with E-state index in [-0.39, 0.29) is 22.9 Å². The van der Waals surface area contributed by atoms with Crippen molar-refractivity contribution >= 4 is 34.5 Å². The number of thiocarbonyl (C=S) groups is 2. The average Bonchev–Trinajstić information content (AvgIpc) is 1.61. The standard InChI is InChI=1S/C4H6O2S2/c5-3(7)1-2-4(6)8/h1-2H2,(H,5,7)(H,6,8). The van der Waals surface area contributed by atoms with Gasteiger partial charge in [0.15, 0.2) is 10.1 Å². The Bertz CT molecular complexity index is 96.6. The topological polar surface area (TPSA) is 40.5 Å². The largest absolute Gasteiger partial charge is 0.502 e. The highest BCUT2D eigenvalue weighted by atomic mass is 32.1. The van der Waals surface area contributed by atoms with Gasteiger partial charge in [-0.05, 0) is 24.4 Å². The van der Waals surface area contributed by atoms with E-state index in [1.807, 2.05) is 0 Å². The number of hydrogen-bond donors (Lipinski definition) is 2. The summed E-state index contributed by atoms with van der Waals surface area (Å²) < 4.78 is 0. The second kappa shape index (κ2) is 3.74. The Kier molecular flexibility index (Phi) is 3.64. The van der Waals surface area contributed by atoms with Crippen molar-refractivity contribution in [1.29, 1.82) is 0 Å². The van der Waals surface area contributed by atoms with Crippen LogP contribution in [0.25, 0.3) is 0 Å². The molecule has 0 aromatic carbocycles. The maximum absolute atomic E-state index is 8.36. The van der Waals surface area contributed by atoms with Crippen LogP contribution >= 0.6 is 24.4 Å². The molecule has 8 heavy (non-hydrogen) atoms. The third kappa shape index (κ3) is 5.78. The molecular formula is C4H6O2S2. The molecule has 0 radical (unpaired) electrons. The molecule has 46 valence electrons. The van der Waals surface area contributed by atoms with E-state index in [2.05, 4.69) is 24.4 Å². The summed E-state index contributed by atoms with van der Waals surface area (Å²) in [6.45, 7) is 0. The lowest BCUT2D eigenvalue weighted by molar-refractivity contribution is 0.528. The molecule has 4 heteroatoms. The zero-order valence-corrected chi connectivity index (χ0v) is 5.76. The van der Waals surface area contributed by atoms with Crippen molar-refractivity contribution in [3.63, 3.8) is 0 Å². The molecule has 0 amide bonds. The summed E-state index contributed by atoms with van der Waals surface area (Å²) in [7, 11) is 0. The summed E-state index contributed by atoms with van der Waals surface area (Å²) in [5, 5.41) is 16.5. The van der Waals surface area contributed by atoms with Crippen LogP contribution in [0.4, 0.5) is 0 Å². The first-order chi connectivity index (χ1) is 3.63. The fraction of sp³-hybridized carbons (Fsp3) is 0.500. The van der Waals surface area contributed by atoms with Gasteiger partial charge in [0.2, 0.25) is 0 Å². The lowest BCUT2D eigenvalue weighted by Crippen LogP contribution is -1.97. The Morgan fingerprint density at radius 1 is 1.00 bits per heavy atom. The predicted octanol–water partition coefficient (Wildman–Crippen LogP) is 1.54. The van der Waals surface area contributed by atoms with Crippen molar-refractivity contribution in [2.45, 2.75) is 12.8 Å². The molecule has 0 heterocycles. The SMILES string of the molecule is OC(=S)CCC(O)=S. The minimum Gasteiger partial charge on any atom is -0.502 e. The summed E-state index contributed by atoms with van der Waals surface area (Å²) in [5.74, 6) is 0. The van der Waals surface area contributed by atoms with Gasteiger partial charge in [-0.15, -0.1) is 0 Å². The van der Waals surface area contributed by atoms with E-state index >= 15 is 0 Å². The molecule has 2 nitrogen and oxygen atoms in total. The van der Waals surface area contributed by atoms with Crippen molar-refractivity contribution in [1.82, 2.24) is 0 Å². The Hall–Kier alpha value is -0.220. The molecular weight excluding hydrogens is 144 g/mol. The molecule has 0 saturated carbocycles. The van der Waals surface area contributed by atoms with Crippen LogP contribution in [0.2, 0.25) is 0 Å². The van der Waals surface area contributed by atoms with Gasteiger partial charge in [0.05, 0.1) is 0 Å². The van der Waals surface area contributed by atoms with E-state index in [0.717, 1.165) is 0 Å².